The van der Waals surface area contributed by atoms with E-state index in [1.54, 1.807) is 6.07 Å². The molecular weight excluding hydrogens is 319 g/mol. The first-order valence-electron chi connectivity index (χ1n) is 7.55. The fraction of sp³-hybridized carbons (Fsp3) is 0.625. The van der Waals surface area contributed by atoms with Gasteiger partial charge in [-0.3, -0.25) is 11.3 Å². The van der Waals surface area contributed by atoms with Gasteiger partial charge in [0.15, 0.2) is 0 Å². The van der Waals surface area contributed by atoms with Crippen molar-refractivity contribution in [3.63, 3.8) is 0 Å². The van der Waals surface area contributed by atoms with Gasteiger partial charge in [-0.25, -0.2) is 4.39 Å². The molecule has 20 heavy (non-hydrogen) atoms. The van der Waals surface area contributed by atoms with Crippen LogP contribution >= 0.6 is 15.9 Å². The van der Waals surface area contributed by atoms with Gasteiger partial charge in [-0.1, -0.05) is 22.4 Å². The molecule has 2 bridgehead atoms. The summed E-state index contributed by atoms with van der Waals surface area (Å²) in [7, 11) is 0. The normalized spacial score (nSPS) is 29.9. The molecule has 110 valence electrons. The van der Waals surface area contributed by atoms with Crippen LogP contribution in [0.1, 0.15) is 37.7 Å². The Kier molecular flexibility index (Phi) is 4.43. The largest absolute Gasteiger partial charge is 0.271 e. The first-order valence-corrected chi connectivity index (χ1v) is 8.35. The smallest absolute Gasteiger partial charge is 0.126 e. The summed E-state index contributed by atoms with van der Waals surface area (Å²) in [5.74, 6) is 8.19. The molecule has 1 aromatic rings. The van der Waals surface area contributed by atoms with Gasteiger partial charge in [-0.05, 0) is 73.6 Å². The van der Waals surface area contributed by atoms with Crippen molar-refractivity contribution >= 4 is 15.9 Å². The lowest BCUT2D eigenvalue weighted by Gasteiger charge is -2.26. The van der Waals surface area contributed by atoms with Crippen LogP contribution in [0.5, 0.6) is 0 Å². The summed E-state index contributed by atoms with van der Waals surface area (Å²) >= 11 is 3.40. The van der Waals surface area contributed by atoms with E-state index in [0.717, 1.165) is 34.2 Å². The molecule has 0 aliphatic heterocycles. The Morgan fingerprint density at radius 2 is 2.20 bits per heavy atom. The van der Waals surface area contributed by atoms with Gasteiger partial charge in [0.25, 0.3) is 0 Å². The molecule has 0 spiro atoms. The Balaban J connectivity index is 1.63. The predicted octanol–water partition coefficient (Wildman–Crippen LogP) is 3.79. The van der Waals surface area contributed by atoms with E-state index in [-0.39, 0.29) is 11.9 Å². The second-order valence-corrected chi connectivity index (χ2v) is 7.39. The first-order chi connectivity index (χ1) is 9.65. The molecule has 2 saturated carbocycles. The molecular formula is C16H22BrFN2. The molecule has 0 radical (unpaired) electrons. The third-order valence-electron chi connectivity index (χ3n) is 5.18. The maximum absolute atomic E-state index is 13.8. The fourth-order valence-corrected chi connectivity index (χ4v) is 4.61. The second kappa shape index (κ2) is 6.12. The van der Waals surface area contributed by atoms with Crippen LogP contribution < -0.4 is 11.3 Å². The van der Waals surface area contributed by atoms with Crippen LogP contribution in [0.2, 0.25) is 0 Å². The lowest BCUT2D eigenvalue weighted by molar-refractivity contribution is 0.276. The van der Waals surface area contributed by atoms with Crippen molar-refractivity contribution in [2.45, 2.75) is 44.6 Å². The van der Waals surface area contributed by atoms with E-state index in [9.17, 15) is 4.39 Å². The standard InChI is InChI=1S/C16H22BrFN2/c17-14-3-4-16(18)13(7-14)9-15(20-19)8-12-6-10-1-2-11(12)5-10/h3-4,7,10-12,15,20H,1-2,5-6,8-9,19H2. The molecule has 0 heterocycles. The Labute approximate surface area is 128 Å². The van der Waals surface area contributed by atoms with Crippen molar-refractivity contribution < 1.29 is 4.39 Å². The van der Waals surface area contributed by atoms with Crippen molar-refractivity contribution in [2.75, 3.05) is 0 Å². The lowest BCUT2D eigenvalue weighted by atomic mass is 9.83. The zero-order valence-corrected chi connectivity index (χ0v) is 13.2. The number of halogens is 2. The quantitative estimate of drug-likeness (QED) is 0.632. The van der Waals surface area contributed by atoms with Crippen molar-refractivity contribution in [1.29, 1.82) is 0 Å². The van der Waals surface area contributed by atoms with Crippen LogP contribution in [0.4, 0.5) is 4.39 Å². The molecule has 3 rings (SSSR count). The lowest BCUT2D eigenvalue weighted by Crippen LogP contribution is -2.39. The summed E-state index contributed by atoms with van der Waals surface area (Å²) in [6.07, 6.45) is 7.30. The molecule has 0 aromatic heterocycles. The van der Waals surface area contributed by atoms with Crippen molar-refractivity contribution in [3.8, 4) is 0 Å². The van der Waals surface area contributed by atoms with Crippen molar-refractivity contribution in [2.24, 2.45) is 23.6 Å². The summed E-state index contributed by atoms with van der Waals surface area (Å²) < 4.78 is 14.8. The summed E-state index contributed by atoms with van der Waals surface area (Å²) in [5.41, 5.74) is 3.64. The van der Waals surface area contributed by atoms with Crippen LogP contribution in [-0.2, 0) is 6.42 Å². The number of nitrogens with two attached hydrogens (primary N) is 1. The highest BCUT2D eigenvalue weighted by atomic mass is 79.9. The number of nitrogens with one attached hydrogen (secondary N) is 1. The van der Waals surface area contributed by atoms with Gasteiger partial charge < -0.3 is 0 Å². The molecule has 4 atom stereocenters. The van der Waals surface area contributed by atoms with E-state index in [1.807, 2.05) is 6.07 Å². The molecule has 2 fully saturated rings. The SMILES string of the molecule is NNC(Cc1cc(Br)ccc1F)CC1CC2CCC1C2. The number of fused-ring (bicyclic) bond motifs is 2. The van der Waals surface area contributed by atoms with Gasteiger partial charge in [0.1, 0.15) is 5.82 Å². The number of rotatable bonds is 5. The van der Waals surface area contributed by atoms with Gasteiger partial charge in [0, 0.05) is 10.5 Å². The topological polar surface area (TPSA) is 38.0 Å². The van der Waals surface area contributed by atoms with E-state index >= 15 is 0 Å². The Morgan fingerprint density at radius 1 is 1.35 bits per heavy atom. The number of hydrogen-bond donors (Lipinski definition) is 2. The highest BCUT2D eigenvalue weighted by Gasteiger charge is 2.40. The average Bonchev–Trinajstić information content (AvgIpc) is 3.04. The first kappa shape index (κ1) is 14.5. The zero-order chi connectivity index (χ0) is 14.1. The van der Waals surface area contributed by atoms with Gasteiger partial charge >= 0.3 is 0 Å². The van der Waals surface area contributed by atoms with Crippen LogP contribution in [0, 0.1) is 23.6 Å². The molecule has 2 aliphatic rings. The van der Waals surface area contributed by atoms with E-state index in [4.69, 9.17) is 5.84 Å². The molecule has 2 nitrogen and oxygen atoms in total. The van der Waals surface area contributed by atoms with Crippen LogP contribution in [0.25, 0.3) is 0 Å². The van der Waals surface area contributed by atoms with Crippen LogP contribution in [0.3, 0.4) is 0 Å². The summed E-state index contributed by atoms with van der Waals surface area (Å²) in [6, 6.07) is 5.29. The van der Waals surface area contributed by atoms with E-state index in [1.165, 1.54) is 31.7 Å². The van der Waals surface area contributed by atoms with Gasteiger partial charge in [-0.2, -0.15) is 0 Å². The predicted molar refractivity (Wildman–Crippen MR) is 82.5 cm³/mol. The highest BCUT2D eigenvalue weighted by Crippen LogP contribution is 2.49. The second-order valence-electron chi connectivity index (χ2n) is 6.47. The molecule has 2 aliphatic carbocycles. The minimum atomic E-state index is -0.138. The molecule has 4 heteroatoms. The van der Waals surface area contributed by atoms with Crippen LogP contribution in [0.15, 0.2) is 22.7 Å². The molecule has 3 N–H and O–H groups in total. The number of hydrogen-bond acceptors (Lipinski definition) is 2. The van der Waals surface area contributed by atoms with Crippen LogP contribution in [-0.4, -0.2) is 6.04 Å². The highest BCUT2D eigenvalue weighted by molar-refractivity contribution is 9.10. The fourth-order valence-electron chi connectivity index (χ4n) is 4.21. The third kappa shape index (κ3) is 3.07. The summed E-state index contributed by atoms with van der Waals surface area (Å²) in [6.45, 7) is 0. The monoisotopic (exact) mass is 340 g/mol. The molecule has 0 saturated heterocycles. The van der Waals surface area contributed by atoms with Gasteiger partial charge in [0.2, 0.25) is 0 Å². The maximum Gasteiger partial charge on any atom is 0.126 e. The zero-order valence-electron chi connectivity index (χ0n) is 11.6. The minimum absolute atomic E-state index is 0.138. The van der Waals surface area contributed by atoms with E-state index in [0.29, 0.717) is 6.42 Å². The Hall–Kier alpha value is -0.450. The van der Waals surface area contributed by atoms with Gasteiger partial charge in [0.05, 0.1) is 0 Å². The van der Waals surface area contributed by atoms with E-state index in [2.05, 4.69) is 21.4 Å². The van der Waals surface area contributed by atoms with Gasteiger partial charge in [-0.15, -0.1) is 0 Å². The Bertz CT molecular complexity index is 480. The van der Waals surface area contributed by atoms with Crippen molar-refractivity contribution in [1.82, 2.24) is 5.43 Å². The summed E-state index contributed by atoms with van der Waals surface area (Å²) in [4.78, 5) is 0. The third-order valence-corrected chi connectivity index (χ3v) is 5.67. The minimum Gasteiger partial charge on any atom is -0.271 e. The average molecular weight is 341 g/mol. The number of benzene rings is 1. The number of hydrazine groups is 1. The van der Waals surface area contributed by atoms with E-state index < -0.39 is 0 Å². The molecule has 4 unspecified atom stereocenters. The summed E-state index contributed by atoms with van der Waals surface area (Å²) in [5, 5.41) is 0. The Morgan fingerprint density at radius 3 is 2.85 bits per heavy atom. The molecule has 1 aromatic carbocycles. The van der Waals surface area contributed by atoms with Crippen molar-refractivity contribution in [3.05, 3.63) is 34.1 Å². The molecule has 0 amide bonds. The maximum atomic E-state index is 13.8.